The van der Waals surface area contributed by atoms with Crippen molar-refractivity contribution in [3.05, 3.63) is 70.6 Å². The van der Waals surface area contributed by atoms with Crippen molar-refractivity contribution in [2.24, 2.45) is 0 Å². The molecule has 5 heteroatoms. The molecule has 0 spiro atoms. The zero-order chi connectivity index (χ0) is 19.0. The quantitative estimate of drug-likeness (QED) is 0.681. The molecule has 2 aromatic carbocycles. The van der Waals surface area contributed by atoms with Gasteiger partial charge in [0.15, 0.2) is 5.78 Å². The van der Waals surface area contributed by atoms with Crippen LogP contribution in [0.3, 0.4) is 0 Å². The van der Waals surface area contributed by atoms with Crippen LogP contribution in [0.5, 0.6) is 0 Å². The minimum absolute atomic E-state index is 0.119. The largest absolute Gasteiger partial charge is 0.389 e. The summed E-state index contributed by atoms with van der Waals surface area (Å²) in [7, 11) is 0. The summed E-state index contributed by atoms with van der Waals surface area (Å²) in [6.07, 6.45) is 1.83. The molecule has 0 aliphatic heterocycles. The summed E-state index contributed by atoms with van der Waals surface area (Å²) in [6, 6.07) is 13.5. The van der Waals surface area contributed by atoms with E-state index in [-0.39, 0.29) is 11.7 Å². The molecule has 4 rings (SSSR count). The fourth-order valence-electron chi connectivity index (χ4n) is 3.79. The molecule has 3 aromatic rings. The van der Waals surface area contributed by atoms with Crippen LogP contribution in [-0.2, 0) is 6.42 Å². The van der Waals surface area contributed by atoms with Crippen molar-refractivity contribution >= 4 is 5.78 Å². The van der Waals surface area contributed by atoms with Crippen molar-refractivity contribution in [3.63, 3.8) is 0 Å². The number of rotatable bonds is 5. The highest BCUT2D eigenvalue weighted by Gasteiger charge is 2.26. The van der Waals surface area contributed by atoms with Gasteiger partial charge in [-0.1, -0.05) is 35.5 Å². The number of aliphatic hydroxyl groups excluding tert-OH is 1. The molecule has 138 valence electrons. The van der Waals surface area contributed by atoms with Gasteiger partial charge in [0.2, 0.25) is 11.7 Å². The van der Waals surface area contributed by atoms with Crippen molar-refractivity contribution in [1.82, 2.24) is 10.1 Å². The van der Waals surface area contributed by atoms with Crippen molar-refractivity contribution < 1.29 is 14.4 Å². The second kappa shape index (κ2) is 7.08. The molecule has 1 N–H and O–H groups in total. The van der Waals surface area contributed by atoms with Gasteiger partial charge in [-0.05, 0) is 54.5 Å². The highest BCUT2D eigenvalue weighted by atomic mass is 16.5. The lowest BCUT2D eigenvalue weighted by atomic mass is 9.92. The Balaban J connectivity index is 1.53. The van der Waals surface area contributed by atoms with E-state index in [4.69, 9.17) is 4.52 Å². The number of Topliss-reactive ketones (excluding diaryl/α,β-unsaturated/α-hetero) is 1. The fourth-order valence-corrected chi connectivity index (χ4v) is 3.79. The summed E-state index contributed by atoms with van der Waals surface area (Å²) in [6.45, 7) is 3.48. The van der Waals surface area contributed by atoms with E-state index in [0.29, 0.717) is 23.7 Å². The van der Waals surface area contributed by atoms with Crippen LogP contribution in [0.25, 0.3) is 11.4 Å². The number of ketones is 1. The summed E-state index contributed by atoms with van der Waals surface area (Å²) >= 11 is 0. The molecule has 0 saturated heterocycles. The van der Waals surface area contributed by atoms with Crippen LogP contribution in [0.2, 0.25) is 0 Å². The number of carbonyl (C=O) groups is 1. The van der Waals surface area contributed by atoms with Gasteiger partial charge < -0.3 is 9.63 Å². The van der Waals surface area contributed by atoms with Crippen LogP contribution < -0.4 is 0 Å². The first-order valence-electron chi connectivity index (χ1n) is 9.26. The summed E-state index contributed by atoms with van der Waals surface area (Å²) < 4.78 is 5.06. The molecule has 0 amide bonds. The second-order valence-electron chi connectivity index (χ2n) is 7.21. The molecule has 2 atom stereocenters. The number of hydrogen-bond donors (Lipinski definition) is 1. The van der Waals surface area contributed by atoms with Crippen LogP contribution in [0.1, 0.15) is 64.7 Å². The predicted octanol–water partition coefficient (Wildman–Crippen LogP) is 4.40. The van der Waals surface area contributed by atoms with E-state index in [1.54, 1.807) is 19.9 Å². The topological polar surface area (TPSA) is 76.2 Å². The lowest BCUT2D eigenvalue weighted by Gasteiger charge is -2.12. The summed E-state index contributed by atoms with van der Waals surface area (Å²) in [5.41, 5.74) is 4.88. The van der Waals surface area contributed by atoms with Gasteiger partial charge in [-0.25, -0.2) is 0 Å². The number of aryl methyl sites for hydroxylation is 2. The predicted molar refractivity (Wildman–Crippen MR) is 102 cm³/mol. The molecule has 1 aliphatic carbocycles. The Morgan fingerprint density at radius 3 is 2.89 bits per heavy atom. The zero-order valence-electron chi connectivity index (χ0n) is 15.5. The minimum Gasteiger partial charge on any atom is -0.389 e. The van der Waals surface area contributed by atoms with Gasteiger partial charge in [-0.3, -0.25) is 4.79 Å². The summed E-state index contributed by atoms with van der Waals surface area (Å²) in [5.74, 6) is 1.50. The average Bonchev–Trinajstić information content (AvgIpc) is 3.28. The van der Waals surface area contributed by atoms with Crippen LogP contribution in [0, 0.1) is 6.92 Å². The Hall–Kier alpha value is -2.79. The molecule has 1 aliphatic rings. The first kappa shape index (κ1) is 17.6. The van der Waals surface area contributed by atoms with Gasteiger partial charge in [-0.2, -0.15) is 4.98 Å². The molecule has 27 heavy (non-hydrogen) atoms. The number of hydrogen-bond acceptors (Lipinski definition) is 5. The first-order chi connectivity index (χ1) is 13.0. The zero-order valence-corrected chi connectivity index (χ0v) is 15.5. The molecule has 1 aromatic heterocycles. The number of aliphatic hydroxyl groups is 1. The molecule has 1 heterocycles. The summed E-state index contributed by atoms with van der Waals surface area (Å²) in [4.78, 5) is 17.0. The number of carbonyl (C=O) groups excluding carboxylic acids is 1. The third kappa shape index (κ3) is 3.55. The average molecular weight is 362 g/mol. The van der Waals surface area contributed by atoms with Gasteiger partial charge in [-0.15, -0.1) is 0 Å². The van der Waals surface area contributed by atoms with Crippen molar-refractivity contribution in [2.45, 2.75) is 45.1 Å². The van der Waals surface area contributed by atoms with Crippen LogP contribution in [0.4, 0.5) is 0 Å². The molecule has 5 nitrogen and oxygen atoms in total. The maximum Gasteiger partial charge on any atom is 0.223 e. The van der Waals surface area contributed by atoms with E-state index in [2.05, 4.69) is 22.3 Å². The Labute approximate surface area is 158 Å². The van der Waals surface area contributed by atoms with E-state index in [0.717, 1.165) is 24.0 Å². The van der Waals surface area contributed by atoms with Crippen LogP contribution in [-0.4, -0.2) is 21.0 Å². The fraction of sp³-hybridized carbons (Fsp3) is 0.318. The van der Waals surface area contributed by atoms with Crippen molar-refractivity contribution in [2.75, 3.05) is 0 Å². The molecule has 0 fully saturated rings. The third-order valence-corrected chi connectivity index (χ3v) is 5.25. The van der Waals surface area contributed by atoms with E-state index in [1.165, 1.54) is 11.1 Å². The van der Waals surface area contributed by atoms with Gasteiger partial charge >= 0.3 is 0 Å². The van der Waals surface area contributed by atoms with Crippen LogP contribution in [0.15, 0.2) is 47.0 Å². The van der Waals surface area contributed by atoms with E-state index in [9.17, 15) is 9.90 Å². The third-order valence-electron chi connectivity index (χ3n) is 5.25. The molecule has 0 radical (unpaired) electrons. The summed E-state index contributed by atoms with van der Waals surface area (Å²) in [5, 5.41) is 13.7. The first-order valence-corrected chi connectivity index (χ1v) is 9.26. The second-order valence-corrected chi connectivity index (χ2v) is 7.21. The number of nitrogens with zero attached hydrogens (tertiary/aromatic N) is 2. The van der Waals surface area contributed by atoms with Crippen LogP contribution >= 0.6 is 0 Å². The number of fused-ring (bicyclic) bond motifs is 1. The molecular formula is C22H22N2O3. The van der Waals surface area contributed by atoms with Gasteiger partial charge in [0, 0.05) is 24.5 Å². The van der Waals surface area contributed by atoms with E-state index in [1.807, 2.05) is 24.3 Å². The Bertz CT molecular complexity index is 991. The molecule has 0 unspecified atom stereocenters. The minimum atomic E-state index is -0.572. The van der Waals surface area contributed by atoms with Crippen molar-refractivity contribution in [3.8, 4) is 11.4 Å². The molecule has 0 saturated carbocycles. The SMILES string of the molecule is Cc1nc(-c2ccc3c(c2)CC[C@H]3CC(=O)c2cccc([C@H](C)O)c2)no1. The Morgan fingerprint density at radius 2 is 2.15 bits per heavy atom. The lowest BCUT2D eigenvalue weighted by molar-refractivity contribution is 0.0973. The van der Waals surface area contributed by atoms with Gasteiger partial charge in [0.05, 0.1) is 6.10 Å². The normalized spacial score (nSPS) is 16.9. The highest BCUT2D eigenvalue weighted by Crippen LogP contribution is 2.38. The Kier molecular flexibility index (Phi) is 4.62. The Morgan fingerprint density at radius 1 is 1.30 bits per heavy atom. The molecular weight excluding hydrogens is 340 g/mol. The maximum atomic E-state index is 12.8. The standard InChI is InChI=1S/C22H22N2O3/c1-13(25)15-4-3-5-18(10-15)21(26)12-17-7-6-16-11-19(8-9-20(16)17)22-23-14(2)27-24-22/h3-5,8-11,13,17,25H,6-7,12H2,1-2H3/t13-,17-/m0/s1. The number of benzene rings is 2. The smallest absolute Gasteiger partial charge is 0.223 e. The van der Waals surface area contributed by atoms with Crippen molar-refractivity contribution in [1.29, 1.82) is 0 Å². The highest BCUT2D eigenvalue weighted by molar-refractivity contribution is 5.96. The van der Waals surface area contributed by atoms with E-state index >= 15 is 0 Å². The maximum absolute atomic E-state index is 12.8. The van der Waals surface area contributed by atoms with E-state index < -0.39 is 6.10 Å². The van der Waals surface area contributed by atoms with Gasteiger partial charge in [0.25, 0.3) is 0 Å². The monoisotopic (exact) mass is 362 g/mol. The lowest BCUT2D eigenvalue weighted by Crippen LogP contribution is -2.06. The van der Waals surface area contributed by atoms with Gasteiger partial charge in [0.1, 0.15) is 0 Å². The number of aromatic nitrogens is 2. The molecule has 0 bridgehead atoms.